The maximum atomic E-state index is 13.5. The third-order valence-corrected chi connectivity index (χ3v) is 4.31. The van der Waals surface area contributed by atoms with E-state index in [0.29, 0.717) is 53.9 Å². The molecule has 2 aromatic carbocycles. The van der Waals surface area contributed by atoms with Crippen molar-refractivity contribution in [1.82, 2.24) is 5.32 Å². The van der Waals surface area contributed by atoms with E-state index in [4.69, 9.17) is 20.6 Å². The normalized spacial score (nSPS) is 10.0. The molecule has 31 heavy (non-hydrogen) atoms. The summed E-state index contributed by atoms with van der Waals surface area (Å²) in [6.07, 6.45) is 5.51. The number of likely N-dealkylation sites (N-methyl/N-ethyl adjacent to an activating group) is 1. The first kappa shape index (κ1) is 23.6. The Morgan fingerprint density at radius 1 is 1.00 bits per heavy atom. The van der Waals surface area contributed by atoms with Gasteiger partial charge >= 0.3 is 0 Å². The molecule has 0 atom stereocenters. The molecule has 0 saturated carbocycles. The van der Waals surface area contributed by atoms with Crippen LogP contribution in [0.5, 0.6) is 17.2 Å². The molecule has 7 nitrogen and oxygen atoms in total. The Kier molecular flexibility index (Phi) is 8.77. The molecule has 7 heteroatoms. The van der Waals surface area contributed by atoms with Crippen LogP contribution in [-0.2, 0) is 4.79 Å². The van der Waals surface area contributed by atoms with Gasteiger partial charge < -0.3 is 19.5 Å². The average Bonchev–Trinajstić information content (AvgIpc) is 2.79. The summed E-state index contributed by atoms with van der Waals surface area (Å²) in [6, 6.07) is 10.1. The molecule has 0 fully saturated rings. The summed E-state index contributed by atoms with van der Waals surface area (Å²) in [6.45, 7) is 6.54. The molecule has 0 aliphatic carbocycles. The molecule has 0 unspecified atom stereocenters. The van der Waals surface area contributed by atoms with Crippen LogP contribution in [0.4, 0.5) is 5.69 Å². The number of nitrogens with zero attached hydrogens (tertiary/aromatic N) is 1. The molecular weight excluding hydrogens is 396 g/mol. The zero-order valence-electron chi connectivity index (χ0n) is 18.4. The number of rotatable bonds is 10. The van der Waals surface area contributed by atoms with Crippen molar-refractivity contribution in [3.63, 3.8) is 0 Å². The molecule has 0 bridgehead atoms. The standard InChI is InChI=1S/C24H28N2O5/c1-6-17-11-10-12-19(13-17)26(16-22(27)25-5)24(28)18-14-20(29-7-2)23(31-9-4)21(15-18)30-8-3/h1,10-15H,7-9,16H2,2-5H3,(H,25,27). The largest absolute Gasteiger partial charge is 0.490 e. The second-order valence-electron chi connectivity index (χ2n) is 6.36. The monoisotopic (exact) mass is 424 g/mol. The van der Waals surface area contributed by atoms with Crippen molar-refractivity contribution in [2.75, 3.05) is 38.3 Å². The lowest BCUT2D eigenvalue weighted by atomic mass is 10.1. The van der Waals surface area contributed by atoms with Crippen molar-refractivity contribution in [1.29, 1.82) is 0 Å². The maximum absolute atomic E-state index is 13.5. The number of nitrogens with one attached hydrogen (secondary N) is 1. The predicted molar refractivity (Wildman–Crippen MR) is 120 cm³/mol. The number of carbonyl (C=O) groups is 2. The zero-order valence-corrected chi connectivity index (χ0v) is 18.4. The van der Waals surface area contributed by atoms with Crippen LogP contribution in [0.2, 0.25) is 0 Å². The van der Waals surface area contributed by atoms with Crippen LogP contribution in [-0.4, -0.2) is 45.2 Å². The maximum Gasteiger partial charge on any atom is 0.259 e. The van der Waals surface area contributed by atoms with E-state index >= 15 is 0 Å². The summed E-state index contributed by atoms with van der Waals surface area (Å²) in [5.74, 6) is 3.06. The summed E-state index contributed by atoms with van der Waals surface area (Å²) in [5.41, 5.74) is 1.41. The summed E-state index contributed by atoms with van der Waals surface area (Å²) >= 11 is 0. The highest BCUT2D eigenvalue weighted by Crippen LogP contribution is 2.39. The van der Waals surface area contributed by atoms with Gasteiger partial charge in [-0.15, -0.1) is 6.42 Å². The number of amides is 2. The third-order valence-electron chi connectivity index (χ3n) is 4.31. The minimum absolute atomic E-state index is 0.176. The molecule has 0 aliphatic rings. The van der Waals surface area contributed by atoms with Crippen molar-refractivity contribution in [2.45, 2.75) is 20.8 Å². The number of ether oxygens (including phenoxy) is 3. The molecule has 0 heterocycles. The van der Waals surface area contributed by atoms with Crippen LogP contribution in [0.15, 0.2) is 36.4 Å². The van der Waals surface area contributed by atoms with Crippen LogP contribution in [0.1, 0.15) is 36.7 Å². The highest BCUT2D eigenvalue weighted by molar-refractivity contribution is 6.09. The van der Waals surface area contributed by atoms with E-state index in [0.717, 1.165) is 0 Å². The van der Waals surface area contributed by atoms with E-state index in [1.54, 1.807) is 36.4 Å². The van der Waals surface area contributed by atoms with E-state index in [1.165, 1.54) is 11.9 Å². The van der Waals surface area contributed by atoms with Crippen molar-refractivity contribution >= 4 is 17.5 Å². The summed E-state index contributed by atoms with van der Waals surface area (Å²) in [4.78, 5) is 27.0. The highest BCUT2D eigenvalue weighted by atomic mass is 16.5. The van der Waals surface area contributed by atoms with Gasteiger partial charge in [-0.2, -0.15) is 0 Å². The third kappa shape index (κ3) is 5.92. The van der Waals surface area contributed by atoms with E-state index in [-0.39, 0.29) is 12.5 Å². The number of benzene rings is 2. The van der Waals surface area contributed by atoms with Crippen LogP contribution in [0.3, 0.4) is 0 Å². The lowest BCUT2D eigenvalue weighted by Crippen LogP contribution is -2.39. The first-order valence-corrected chi connectivity index (χ1v) is 10.1. The Labute approximate surface area is 183 Å². The molecule has 0 spiro atoms. The molecule has 0 aliphatic heterocycles. The fourth-order valence-corrected chi connectivity index (χ4v) is 2.93. The predicted octanol–water partition coefficient (Wildman–Crippen LogP) is 3.26. The van der Waals surface area contributed by atoms with Gasteiger partial charge in [-0.25, -0.2) is 0 Å². The number of carbonyl (C=O) groups excluding carboxylic acids is 2. The van der Waals surface area contributed by atoms with Gasteiger partial charge in [-0.1, -0.05) is 12.0 Å². The number of hydrogen-bond donors (Lipinski definition) is 1. The first-order chi connectivity index (χ1) is 15.0. The number of anilines is 1. The molecule has 2 amide bonds. The van der Waals surface area contributed by atoms with Crippen LogP contribution >= 0.6 is 0 Å². The Balaban J connectivity index is 2.58. The Hall–Kier alpha value is -3.66. The number of terminal acetylenes is 1. The molecule has 0 saturated heterocycles. The lowest BCUT2D eigenvalue weighted by Gasteiger charge is -2.24. The fraction of sp³-hybridized carbons (Fsp3) is 0.333. The van der Waals surface area contributed by atoms with Crippen molar-refractivity contribution in [3.05, 3.63) is 47.5 Å². The van der Waals surface area contributed by atoms with Gasteiger partial charge in [0.1, 0.15) is 6.54 Å². The van der Waals surface area contributed by atoms with E-state index in [9.17, 15) is 9.59 Å². The minimum atomic E-state index is -0.400. The Bertz CT molecular complexity index is 938. The zero-order chi connectivity index (χ0) is 22.8. The lowest BCUT2D eigenvalue weighted by molar-refractivity contribution is -0.119. The summed E-state index contributed by atoms with van der Waals surface area (Å²) in [7, 11) is 1.51. The Morgan fingerprint density at radius 2 is 1.61 bits per heavy atom. The van der Waals surface area contributed by atoms with Crippen molar-refractivity contribution < 1.29 is 23.8 Å². The second-order valence-corrected chi connectivity index (χ2v) is 6.36. The summed E-state index contributed by atoms with van der Waals surface area (Å²) in [5, 5.41) is 2.55. The molecule has 0 radical (unpaired) electrons. The van der Waals surface area contributed by atoms with Gasteiger partial charge in [0.15, 0.2) is 11.5 Å². The molecule has 0 aromatic heterocycles. The quantitative estimate of drug-likeness (QED) is 0.593. The van der Waals surface area contributed by atoms with Gasteiger partial charge in [-0.05, 0) is 51.1 Å². The second kappa shape index (κ2) is 11.5. The van der Waals surface area contributed by atoms with Gasteiger partial charge in [0, 0.05) is 23.9 Å². The van der Waals surface area contributed by atoms with Gasteiger partial charge in [-0.3, -0.25) is 14.5 Å². The van der Waals surface area contributed by atoms with E-state index in [2.05, 4.69) is 11.2 Å². The van der Waals surface area contributed by atoms with Crippen LogP contribution < -0.4 is 24.4 Å². The van der Waals surface area contributed by atoms with Gasteiger partial charge in [0.05, 0.1) is 19.8 Å². The first-order valence-electron chi connectivity index (χ1n) is 10.1. The van der Waals surface area contributed by atoms with Gasteiger partial charge in [0.2, 0.25) is 11.7 Å². The smallest absolute Gasteiger partial charge is 0.259 e. The molecule has 164 valence electrons. The molecular formula is C24H28N2O5. The van der Waals surface area contributed by atoms with Gasteiger partial charge in [0.25, 0.3) is 5.91 Å². The van der Waals surface area contributed by atoms with Crippen LogP contribution in [0.25, 0.3) is 0 Å². The molecule has 1 N–H and O–H groups in total. The van der Waals surface area contributed by atoms with Crippen LogP contribution in [0, 0.1) is 12.3 Å². The average molecular weight is 424 g/mol. The molecule has 2 rings (SSSR count). The van der Waals surface area contributed by atoms with E-state index < -0.39 is 5.91 Å². The summed E-state index contributed by atoms with van der Waals surface area (Å²) < 4.78 is 17.1. The fourth-order valence-electron chi connectivity index (χ4n) is 2.93. The SMILES string of the molecule is C#Cc1cccc(N(CC(=O)NC)C(=O)c2cc(OCC)c(OCC)c(OCC)c2)c1. The Morgan fingerprint density at radius 3 is 2.13 bits per heavy atom. The molecule has 2 aromatic rings. The minimum Gasteiger partial charge on any atom is -0.490 e. The highest BCUT2D eigenvalue weighted by Gasteiger charge is 2.24. The topological polar surface area (TPSA) is 77.1 Å². The van der Waals surface area contributed by atoms with E-state index in [1.807, 2.05) is 20.8 Å². The van der Waals surface area contributed by atoms with Crippen molar-refractivity contribution in [2.24, 2.45) is 0 Å². The number of hydrogen-bond acceptors (Lipinski definition) is 5. The van der Waals surface area contributed by atoms with Crippen molar-refractivity contribution in [3.8, 4) is 29.6 Å².